The number of benzene rings is 1. The fraction of sp³-hybridized carbons (Fsp3) is 0.273. The van der Waals surface area contributed by atoms with Gasteiger partial charge in [-0.1, -0.05) is 0 Å². The van der Waals surface area contributed by atoms with Crippen LogP contribution in [-0.4, -0.2) is 25.2 Å². The van der Waals surface area contributed by atoms with E-state index in [0.29, 0.717) is 11.3 Å². The predicted molar refractivity (Wildman–Crippen MR) is 57.8 cm³/mol. The highest BCUT2D eigenvalue weighted by molar-refractivity contribution is 5.91. The lowest BCUT2D eigenvalue weighted by atomic mass is 10.2. The van der Waals surface area contributed by atoms with Gasteiger partial charge in [-0.05, 0) is 31.2 Å². The molecule has 0 saturated carbocycles. The van der Waals surface area contributed by atoms with E-state index in [9.17, 15) is 9.59 Å². The van der Waals surface area contributed by atoms with Gasteiger partial charge in [-0.3, -0.25) is 0 Å². The molecule has 2 N–H and O–H groups in total. The van der Waals surface area contributed by atoms with E-state index < -0.39 is 11.9 Å². The topological polar surface area (TPSA) is 78.6 Å². The summed E-state index contributed by atoms with van der Waals surface area (Å²) in [6, 6.07) is 6.23. The second kappa shape index (κ2) is 5.75. The van der Waals surface area contributed by atoms with Crippen molar-refractivity contribution in [3.8, 4) is 0 Å². The first-order chi connectivity index (χ1) is 7.63. The number of carbonyl (C=O) groups excluding carboxylic acids is 2. The number of ether oxygens (including phenoxy) is 2. The maximum absolute atomic E-state index is 11.4. The van der Waals surface area contributed by atoms with Crippen LogP contribution in [0.25, 0.3) is 0 Å². The molecule has 0 saturated heterocycles. The van der Waals surface area contributed by atoms with Gasteiger partial charge >= 0.3 is 11.9 Å². The Kier molecular flexibility index (Phi) is 4.32. The van der Waals surface area contributed by atoms with Crippen LogP contribution in [0.5, 0.6) is 0 Å². The Morgan fingerprint density at radius 2 is 1.81 bits per heavy atom. The summed E-state index contributed by atoms with van der Waals surface area (Å²) >= 11 is 0. The molecule has 5 nitrogen and oxygen atoms in total. The Morgan fingerprint density at radius 3 is 2.38 bits per heavy atom. The fourth-order valence-corrected chi connectivity index (χ4v) is 1.03. The summed E-state index contributed by atoms with van der Waals surface area (Å²) in [5.74, 6) is -1.14. The highest BCUT2D eigenvalue weighted by atomic mass is 16.6. The summed E-state index contributed by atoms with van der Waals surface area (Å²) in [6.07, 6.45) is 0. The lowest BCUT2D eigenvalue weighted by Crippen LogP contribution is -2.16. The minimum absolute atomic E-state index is 0.262. The zero-order valence-corrected chi connectivity index (χ0v) is 8.93. The molecule has 1 aromatic carbocycles. The van der Waals surface area contributed by atoms with Crippen molar-refractivity contribution in [2.75, 3.05) is 18.9 Å². The highest BCUT2D eigenvalue weighted by Gasteiger charge is 2.09. The molecular weight excluding hydrogens is 210 g/mol. The van der Waals surface area contributed by atoms with Crippen molar-refractivity contribution in [1.82, 2.24) is 0 Å². The van der Waals surface area contributed by atoms with E-state index >= 15 is 0 Å². The standard InChI is InChI=1S/C11H13NO4/c1-2-15-10(13)7-16-11(14)8-3-5-9(12)6-4-8/h3-6H,2,7,12H2,1H3. The Labute approximate surface area is 93.1 Å². The number of rotatable bonds is 4. The number of anilines is 1. The van der Waals surface area contributed by atoms with Crippen molar-refractivity contribution >= 4 is 17.6 Å². The summed E-state index contributed by atoms with van der Waals surface area (Å²) in [6.45, 7) is 1.56. The minimum Gasteiger partial charge on any atom is -0.463 e. The van der Waals surface area contributed by atoms with Gasteiger partial charge in [-0.15, -0.1) is 0 Å². The first kappa shape index (κ1) is 12.0. The third-order valence-corrected chi connectivity index (χ3v) is 1.77. The number of nitrogens with two attached hydrogens (primary N) is 1. The second-order valence-corrected chi connectivity index (χ2v) is 3.00. The molecule has 0 amide bonds. The van der Waals surface area contributed by atoms with Crippen LogP contribution in [0, 0.1) is 0 Å². The van der Waals surface area contributed by atoms with Gasteiger partial charge in [0.05, 0.1) is 12.2 Å². The summed E-state index contributed by atoms with van der Waals surface area (Å²) in [5, 5.41) is 0. The quantitative estimate of drug-likeness (QED) is 0.608. The van der Waals surface area contributed by atoms with Gasteiger partial charge in [-0.25, -0.2) is 9.59 Å². The second-order valence-electron chi connectivity index (χ2n) is 3.00. The van der Waals surface area contributed by atoms with Crippen molar-refractivity contribution in [2.24, 2.45) is 0 Å². The van der Waals surface area contributed by atoms with Crippen molar-refractivity contribution < 1.29 is 19.1 Å². The lowest BCUT2D eigenvalue weighted by Gasteiger charge is -2.04. The molecule has 0 atom stereocenters. The third-order valence-electron chi connectivity index (χ3n) is 1.77. The summed E-state index contributed by atoms with van der Waals surface area (Å²) in [4.78, 5) is 22.3. The minimum atomic E-state index is -0.576. The van der Waals surface area contributed by atoms with Crippen molar-refractivity contribution in [3.05, 3.63) is 29.8 Å². The number of hydrogen-bond donors (Lipinski definition) is 1. The van der Waals surface area contributed by atoms with E-state index in [1.165, 1.54) is 12.1 Å². The highest BCUT2D eigenvalue weighted by Crippen LogP contribution is 2.06. The van der Waals surface area contributed by atoms with Crippen molar-refractivity contribution in [2.45, 2.75) is 6.92 Å². The molecule has 1 aromatic rings. The SMILES string of the molecule is CCOC(=O)COC(=O)c1ccc(N)cc1. The van der Waals surface area contributed by atoms with E-state index in [1.54, 1.807) is 19.1 Å². The smallest absolute Gasteiger partial charge is 0.344 e. The number of carbonyl (C=O) groups is 2. The first-order valence-electron chi connectivity index (χ1n) is 4.81. The van der Waals surface area contributed by atoms with Crippen LogP contribution in [-0.2, 0) is 14.3 Å². The van der Waals surface area contributed by atoms with Crippen molar-refractivity contribution in [1.29, 1.82) is 0 Å². The van der Waals surface area contributed by atoms with Crippen LogP contribution in [0.1, 0.15) is 17.3 Å². The molecule has 0 bridgehead atoms. The van der Waals surface area contributed by atoms with E-state index in [1.807, 2.05) is 0 Å². The largest absolute Gasteiger partial charge is 0.463 e. The maximum Gasteiger partial charge on any atom is 0.344 e. The number of hydrogen-bond acceptors (Lipinski definition) is 5. The van der Waals surface area contributed by atoms with E-state index in [2.05, 4.69) is 4.74 Å². The van der Waals surface area contributed by atoms with Crippen LogP contribution >= 0.6 is 0 Å². The van der Waals surface area contributed by atoms with Gasteiger partial charge in [0.25, 0.3) is 0 Å². The Bertz CT molecular complexity index is 372. The normalized spacial score (nSPS) is 9.56. The monoisotopic (exact) mass is 223 g/mol. The Hall–Kier alpha value is -2.04. The first-order valence-corrected chi connectivity index (χ1v) is 4.81. The molecule has 0 fully saturated rings. The zero-order valence-electron chi connectivity index (χ0n) is 8.93. The fourth-order valence-electron chi connectivity index (χ4n) is 1.03. The predicted octanol–water partition coefficient (Wildman–Crippen LogP) is 0.989. The number of esters is 2. The summed E-state index contributed by atoms with van der Waals surface area (Å²) < 4.78 is 9.34. The molecular formula is C11H13NO4. The molecule has 0 heterocycles. The van der Waals surface area contributed by atoms with Gasteiger partial charge in [0.1, 0.15) is 0 Å². The molecule has 0 aromatic heterocycles. The molecule has 16 heavy (non-hydrogen) atoms. The molecule has 0 unspecified atom stereocenters. The summed E-state index contributed by atoms with van der Waals surface area (Å²) in [5.41, 5.74) is 6.37. The molecule has 0 aliphatic rings. The van der Waals surface area contributed by atoms with Crippen LogP contribution in [0.15, 0.2) is 24.3 Å². The van der Waals surface area contributed by atoms with Gasteiger partial charge in [0.2, 0.25) is 0 Å². The molecule has 1 rings (SSSR count). The van der Waals surface area contributed by atoms with Crippen LogP contribution in [0.4, 0.5) is 5.69 Å². The van der Waals surface area contributed by atoms with Gasteiger partial charge in [0, 0.05) is 5.69 Å². The van der Waals surface area contributed by atoms with E-state index in [4.69, 9.17) is 10.5 Å². The Balaban J connectivity index is 2.47. The van der Waals surface area contributed by atoms with Gasteiger partial charge < -0.3 is 15.2 Å². The molecule has 0 aliphatic heterocycles. The molecule has 0 aliphatic carbocycles. The van der Waals surface area contributed by atoms with E-state index in [-0.39, 0.29) is 13.2 Å². The zero-order chi connectivity index (χ0) is 12.0. The van der Waals surface area contributed by atoms with Gasteiger partial charge in [-0.2, -0.15) is 0 Å². The lowest BCUT2D eigenvalue weighted by molar-refractivity contribution is -0.146. The van der Waals surface area contributed by atoms with Gasteiger partial charge in [0.15, 0.2) is 6.61 Å². The summed E-state index contributed by atoms with van der Waals surface area (Å²) in [7, 11) is 0. The Morgan fingerprint density at radius 1 is 1.19 bits per heavy atom. The molecule has 0 spiro atoms. The molecule has 5 heteroatoms. The van der Waals surface area contributed by atoms with Crippen LogP contribution < -0.4 is 5.73 Å². The number of nitrogen functional groups attached to an aromatic ring is 1. The average Bonchev–Trinajstić information content (AvgIpc) is 2.27. The molecule has 86 valence electrons. The maximum atomic E-state index is 11.4. The van der Waals surface area contributed by atoms with Crippen LogP contribution in [0.3, 0.4) is 0 Å². The van der Waals surface area contributed by atoms with Crippen molar-refractivity contribution in [3.63, 3.8) is 0 Å². The van der Waals surface area contributed by atoms with Crippen LogP contribution in [0.2, 0.25) is 0 Å². The third kappa shape index (κ3) is 3.61. The van der Waals surface area contributed by atoms with E-state index in [0.717, 1.165) is 0 Å². The average molecular weight is 223 g/mol. The molecule has 0 radical (unpaired) electrons.